The van der Waals surface area contributed by atoms with Crippen LogP contribution in [-0.2, 0) is 28.6 Å². The van der Waals surface area contributed by atoms with Crippen LogP contribution in [0.4, 0.5) is 4.79 Å². The standard InChI is InChI=1S/C26H34N4O10/c1-26(2,3)40-25(36)28-9-11-38-13-12-37-10-8-27-21(32)15-39-16-4-5-17-18(14-16)24(35)30(23(17)34)19-6-7-20(31)29-22(19)33/h4-5,14,19H,6-13,15H2,1-3H3,(H,27,32)(H,28,36)(H,29,31,33). The van der Waals surface area contributed by atoms with Gasteiger partial charge in [0.2, 0.25) is 11.8 Å². The fraction of sp³-hybridized carbons (Fsp3) is 0.538. The van der Waals surface area contributed by atoms with E-state index in [0.717, 1.165) is 4.90 Å². The Morgan fingerprint density at radius 3 is 2.25 bits per heavy atom. The van der Waals surface area contributed by atoms with Crippen molar-refractivity contribution in [3.05, 3.63) is 29.3 Å². The van der Waals surface area contributed by atoms with Crippen molar-refractivity contribution in [2.45, 2.75) is 45.3 Å². The van der Waals surface area contributed by atoms with Gasteiger partial charge >= 0.3 is 6.09 Å². The Kier molecular flexibility index (Phi) is 10.6. The molecular weight excluding hydrogens is 528 g/mol. The normalized spacial score (nSPS) is 16.9. The molecule has 1 saturated heterocycles. The van der Waals surface area contributed by atoms with Gasteiger partial charge in [-0.05, 0) is 45.4 Å². The van der Waals surface area contributed by atoms with Crippen LogP contribution in [0.15, 0.2) is 18.2 Å². The summed E-state index contributed by atoms with van der Waals surface area (Å²) < 4.78 is 21.3. The van der Waals surface area contributed by atoms with Gasteiger partial charge < -0.3 is 29.6 Å². The molecule has 2 aliphatic rings. The van der Waals surface area contributed by atoms with E-state index in [4.69, 9.17) is 18.9 Å². The predicted octanol–water partition coefficient (Wildman–Crippen LogP) is 0.141. The molecule has 1 fully saturated rings. The predicted molar refractivity (Wildman–Crippen MR) is 137 cm³/mol. The third-order valence-electron chi connectivity index (χ3n) is 5.64. The zero-order valence-electron chi connectivity index (χ0n) is 22.7. The molecule has 6 amide bonds. The lowest BCUT2D eigenvalue weighted by atomic mass is 10.0. The zero-order chi connectivity index (χ0) is 29.3. The van der Waals surface area contributed by atoms with Crippen LogP contribution >= 0.6 is 0 Å². The number of nitrogens with one attached hydrogen (secondary N) is 3. The number of alkyl carbamates (subject to hydrolysis) is 1. The largest absolute Gasteiger partial charge is 0.484 e. The molecule has 0 saturated carbocycles. The van der Waals surface area contributed by atoms with Gasteiger partial charge in [0.15, 0.2) is 6.61 Å². The smallest absolute Gasteiger partial charge is 0.407 e. The minimum Gasteiger partial charge on any atom is -0.484 e. The second-order valence-corrected chi connectivity index (χ2v) is 9.95. The number of nitrogens with zero attached hydrogens (tertiary/aromatic N) is 1. The highest BCUT2D eigenvalue weighted by atomic mass is 16.6. The number of hydrogen-bond acceptors (Lipinski definition) is 10. The molecule has 0 aliphatic carbocycles. The van der Waals surface area contributed by atoms with Gasteiger partial charge in [0, 0.05) is 19.5 Å². The molecule has 0 radical (unpaired) electrons. The second kappa shape index (κ2) is 13.8. The monoisotopic (exact) mass is 562 g/mol. The van der Waals surface area contributed by atoms with Crippen LogP contribution in [0, 0.1) is 0 Å². The number of hydrogen-bond donors (Lipinski definition) is 3. The average molecular weight is 563 g/mol. The summed E-state index contributed by atoms with van der Waals surface area (Å²) in [6.45, 7) is 6.70. The zero-order valence-corrected chi connectivity index (χ0v) is 22.7. The molecular formula is C26H34N4O10. The van der Waals surface area contributed by atoms with Crippen LogP contribution in [0.3, 0.4) is 0 Å². The minimum absolute atomic E-state index is 0.0290. The van der Waals surface area contributed by atoms with E-state index in [9.17, 15) is 28.8 Å². The molecule has 0 aromatic heterocycles. The Morgan fingerprint density at radius 1 is 0.950 bits per heavy atom. The van der Waals surface area contributed by atoms with Crippen molar-refractivity contribution in [1.29, 1.82) is 0 Å². The van der Waals surface area contributed by atoms with Crippen molar-refractivity contribution in [3.8, 4) is 5.75 Å². The minimum atomic E-state index is -1.06. The molecule has 1 unspecified atom stereocenters. The molecule has 1 aromatic rings. The van der Waals surface area contributed by atoms with Gasteiger partial charge in [-0.15, -0.1) is 0 Å². The molecule has 14 nitrogen and oxygen atoms in total. The Balaban J connectivity index is 1.29. The number of amides is 6. The van der Waals surface area contributed by atoms with Crippen LogP contribution in [-0.4, -0.2) is 98.3 Å². The first-order chi connectivity index (χ1) is 19.0. The molecule has 218 valence electrons. The first-order valence-corrected chi connectivity index (χ1v) is 12.8. The lowest BCUT2D eigenvalue weighted by Crippen LogP contribution is -2.54. The number of fused-ring (bicyclic) bond motifs is 1. The highest BCUT2D eigenvalue weighted by Crippen LogP contribution is 2.30. The van der Waals surface area contributed by atoms with Crippen LogP contribution in [0.1, 0.15) is 54.3 Å². The van der Waals surface area contributed by atoms with E-state index in [1.165, 1.54) is 18.2 Å². The van der Waals surface area contributed by atoms with E-state index in [1.807, 2.05) is 0 Å². The maximum atomic E-state index is 12.9. The average Bonchev–Trinajstić information content (AvgIpc) is 3.12. The second-order valence-electron chi connectivity index (χ2n) is 9.95. The first-order valence-electron chi connectivity index (χ1n) is 12.8. The van der Waals surface area contributed by atoms with Crippen molar-refractivity contribution >= 4 is 35.6 Å². The van der Waals surface area contributed by atoms with Crippen molar-refractivity contribution in [2.24, 2.45) is 0 Å². The molecule has 2 aliphatic heterocycles. The maximum absolute atomic E-state index is 12.9. The molecule has 0 bridgehead atoms. The van der Waals surface area contributed by atoms with E-state index in [2.05, 4.69) is 16.0 Å². The quantitative estimate of drug-likeness (QED) is 0.221. The summed E-state index contributed by atoms with van der Waals surface area (Å²) in [5.41, 5.74) is -0.385. The van der Waals surface area contributed by atoms with Gasteiger partial charge in [-0.3, -0.25) is 34.2 Å². The summed E-state index contributed by atoms with van der Waals surface area (Å²) in [6.07, 6.45) is -0.423. The number of benzene rings is 1. The Bertz CT molecular complexity index is 1150. The number of piperidine rings is 1. The third kappa shape index (κ3) is 8.74. The Labute approximate surface area is 231 Å². The van der Waals surface area contributed by atoms with E-state index in [0.29, 0.717) is 26.4 Å². The van der Waals surface area contributed by atoms with Gasteiger partial charge in [-0.2, -0.15) is 0 Å². The summed E-state index contributed by atoms with van der Waals surface area (Å²) >= 11 is 0. The molecule has 1 aromatic carbocycles. The van der Waals surface area contributed by atoms with Crippen LogP contribution < -0.4 is 20.7 Å². The van der Waals surface area contributed by atoms with Gasteiger partial charge in [0.25, 0.3) is 17.7 Å². The van der Waals surface area contributed by atoms with Gasteiger partial charge in [0.05, 0.1) is 37.6 Å². The summed E-state index contributed by atoms with van der Waals surface area (Å²) in [5.74, 6) is -2.64. The number of carbonyl (C=O) groups excluding carboxylic acids is 6. The van der Waals surface area contributed by atoms with Crippen molar-refractivity contribution in [2.75, 3.05) is 46.1 Å². The van der Waals surface area contributed by atoms with E-state index in [-0.39, 0.29) is 49.5 Å². The first kappa shape index (κ1) is 30.5. The maximum Gasteiger partial charge on any atom is 0.407 e. The summed E-state index contributed by atoms with van der Waals surface area (Å²) in [7, 11) is 0. The molecule has 1 atom stereocenters. The topological polar surface area (TPSA) is 179 Å². The van der Waals surface area contributed by atoms with Crippen molar-refractivity contribution in [1.82, 2.24) is 20.9 Å². The van der Waals surface area contributed by atoms with Crippen LogP contribution in [0.2, 0.25) is 0 Å². The number of ether oxygens (including phenoxy) is 4. The molecule has 2 heterocycles. The van der Waals surface area contributed by atoms with Gasteiger partial charge in [0.1, 0.15) is 17.4 Å². The van der Waals surface area contributed by atoms with E-state index in [1.54, 1.807) is 20.8 Å². The highest BCUT2D eigenvalue weighted by Gasteiger charge is 2.44. The van der Waals surface area contributed by atoms with E-state index < -0.39 is 47.3 Å². The SMILES string of the molecule is CC(C)(C)OC(=O)NCCOCCOCCNC(=O)COc1ccc2c(c1)C(=O)N(C1CCC(=O)NC1=O)C2=O. The molecule has 40 heavy (non-hydrogen) atoms. The summed E-state index contributed by atoms with van der Waals surface area (Å²) in [4.78, 5) is 73.6. The highest BCUT2D eigenvalue weighted by molar-refractivity contribution is 6.23. The fourth-order valence-corrected chi connectivity index (χ4v) is 3.86. The van der Waals surface area contributed by atoms with Crippen molar-refractivity contribution < 1.29 is 47.7 Å². The molecule has 14 heteroatoms. The fourth-order valence-electron chi connectivity index (χ4n) is 3.86. The van der Waals surface area contributed by atoms with Gasteiger partial charge in [-0.1, -0.05) is 0 Å². The lowest BCUT2D eigenvalue weighted by molar-refractivity contribution is -0.136. The van der Waals surface area contributed by atoms with Crippen LogP contribution in [0.25, 0.3) is 0 Å². The Hall–Kier alpha value is -4.04. The molecule has 3 N–H and O–H groups in total. The molecule has 3 rings (SSSR count). The van der Waals surface area contributed by atoms with Crippen molar-refractivity contribution in [3.63, 3.8) is 0 Å². The summed E-state index contributed by atoms with van der Waals surface area (Å²) in [5, 5.41) is 7.35. The third-order valence-corrected chi connectivity index (χ3v) is 5.64. The summed E-state index contributed by atoms with van der Waals surface area (Å²) in [6, 6.07) is 3.14. The van der Waals surface area contributed by atoms with Gasteiger partial charge in [-0.25, -0.2) is 4.79 Å². The van der Waals surface area contributed by atoms with Crippen LogP contribution in [0.5, 0.6) is 5.75 Å². The number of imide groups is 2. The lowest BCUT2D eigenvalue weighted by Gasteiger charge is -2.27. The number of carbonyl (C=O) groups is 6. The number of rotatable bonds is 13. The molecule has 0 spiro atoms. The Morgan fingerprint density at radius 2 is 1.60 bits per heavy atom. The van der Waals surface area contributed by atoms with E-state index >= 15 is 0 Å².